The average molecular weight is 320 g/mol. The predicted octanol–water partition coefficient (Wildman–Crippen LogP) is 2.94. The molecular formula is C18H28N2O3. The highest BCUT2D eigenvalue weighted by atomic mass is 16.5. The Hall–Kier alpha value is -1.59. The quantitative estimate of drug-likeness (QED) is 0.820. The van der Waals surface area contributed by atoms with Crippen LogP contribution in [0.4, 0.5) is 0 Å². The third kappa shape index (κ3) is 4.94. The molecule has 0 spiro atoms. The van der Waals surface area contributed by atoms with Crippen LogP contribution in [0.1, 0.15) is 50.6 Å². The summed E-state index contributed by atoms with van der Waals surface area (Å²) in [5.74, 6) is -0.0741. The largest absolute Gasteiger partial charge is 0.379 e. The molecule has 1 aromatic heterocycles. The Kier molecular flexibility index (Phi) is 6.42. The summed E-state index contributed by atoms with van der Waals surface area (Å²) in [6.45, 7) is 9.96. The van der Waals surface area contributed by atoms with Crippen molar-refractivity contribution in [2.24, 2.45) is 0 Å². The van der Waals surface area contributed by atoms with Gasteiger partial charge in [0.05, 0.1) is 25.4 Å². The van der Waals surface area contributed by atoms with E-state index < -0.39 is 0 Å². The first kappa shape index (κ1) is 17.8. The molecule has 0 aromatic carbocycles. The Bertz CT molecular complexity index is 544. The van der Waals surface area contributed by atoms with Gasteiger partial charge in [-0.05, 0) is 46.2 Å². The van der Waals surface area contributed by atoms with Crippen molar-refractivity contribution in [1.82, 2.24) is 9.88 Å². The summed E-state index contributed by atoms with van der Waals surface area (Å²) in [6.07, 6.45) is 4.77. The number of hydrogen-bond donors (Lipinski definition) is 1. The fourth-order valence-electron chi connectivity index (χ4n) is 2.67. The molecule has 5 nitrogen and oxygen atoms in total. The summed E-state index contributed by atoms with van der Waals surface area (Å²) in [6, 6.07) is 3.88. The van der Waals surface area contributed by atoms with Crippen LogP contribution in [0.3, 0.4) is 0 Å². The number of aromatic nitrogens is 1. The van der Waals surface area contributed by atoms with E-state index in [4.69, 9.17) is 9.47 Å². The molecule has 0 bridgehead atoms. The SMILES string of the molecule is CC(C)=CCO[C@H]1CCOC[C@H]1NC(=O)c1cccn1C(C)C. The highest BCUT2D eigenvalue weighted by molar-refractivity contribution is 5.93. The van der Waals surface area contributed by atoms with E-state index in [0.29, 0.717) is 25.5 Å². The van der Waals surface area contributed by atoms with Crippen molar-refractivity contribution in [3.63, 3.8) is 0 Å². The summed E-state index contributed by atoms with van der Waals surface area (Å²) in [7, 11) is 0. The maximum Gasteiger partial charge on any atom is 0.268 e. The first-order valence-corrected chi connectivity index (χ1v) is 8.29. The molecule has 1 amide bonds. The van der Waals surface area contributed by atoms with Gasteiger partial charge in [0.15, 0.2) is 0 Å². The average Bonchev–Trinajstić information content (AvgIpc) is 2.98. The molecule has 2 heterocycles. The number of nitrogens with one attached hydrogen (secondary N) is 1. The minimum atomic E-state index is -0.114. The molecule has 1 N–H and O–H groups in total. The van der Waals surface area contributed by atoms with Gasteiger partial charge >= 0.3 is 0 Å². The van der Waals surface area contributed by atoms with Gasteiger partial charge in [-0.15, -0.1) is 0 Å². The second kappa shape index (κ2) is 8.31. The Morgan fingerprint density at radius 1 is 1.52 bits per heavy atom. The first-order chi connectivity index (χ1) is 11.0. The van der Waals surface area contributed by atoms with Crippen LogP contribution in [-0.4, -0.2) is 42.4 Å². The topological polar surface area (TPSA) is 52.5 Å². The van der Waals surface area contributed by atoms with Crippen molar-refractivity contribution in [2.45, 2.75) is 52.3 Å². The number of carbonyl (C=O) groups excluding carboxylic acids is 1. The standard InChI is InChI=1S/C18H28N2O3/c1-13(2)7-11-23-17-8-10-22-12-15(17)19-18(21)16-6-5-9-20(16)14(3)4/h5-7,9,14-15,17H,8,10-12H2,1-4H3,(H,19,21)/t15-,17+/m1/s1. The summed E-state index contributed by atoms with van der Waals surface area (Å²) < 4.78 is 13.4. The van der Waals surface area contributed by atoms with Crippen LogP contribution in [0.25, 0.3) is 0 Å². The second-order valence-electron chi connectivity index (χ2n) is 6.49. The van der Waals surface area contributed by atoms with Crippen molar-refractivity contribution < 1.29 is 14.3 Å². The molecule has 5 heteroatoms. The van der Waals surface area contributed by atoms with Crippen molar-refractivity contribution in [1.29, 1.82) is 0 Å². The molecule has 128 valence electrons. The van der Waals surface area contributed by atoms with Crippen LogP contribution < -0.4 is 5.32 Å². The van der Waals surface area contributed by atoms with Crippen LogP contribution in [-0.2, 0) is 9.47 Å². The van der Waals surface area contributed by atoms with Gasteiger partial charge in [-0.3, -0.25) is 4.79 Å². The molecule has 1 fully saturated rings. The van der Waals surface area contributed by atoms with Gasteiger partial charge in [-0.2, -0.15) is 0 Å². The molecule has 0 radical (unpaired) electrons. The fourth-order valence-corrected chi connectivity index (χ4v) is 2.67. The van der Waals surface area contributed by atoms with Gasteiger partial charge < -0.3 is 19.4 Å². The molecule has 2 atom stereocenters. The van der Waals surface area contributed by atoms with Gasteiger partial charge in [-0.25, -0.2) is 0 Å². The van der Waals surface area contributed by atoms with Crippen molar-refractivity contribution in [2.75, 3.05) is 19.8 Å². The molecule has 0 aliphatic carbocycles. The van der Waals surface area contributed by atoms with E-state index in [9.17, 15) is 4.79 Å². The van der Waals surface area contributed by atoms with Gasteiger partial charge in [0.1, 0.15) is 5.69 Å². The zero-order valence-electron chi connectivity index (χ0n) is 14.5. The van der Waals surface area contributed by atoms with E-state index >= 15 is 0 Å². The number of nitrogens with zero attached hydrogens (tertiary/aromatic N) is 1. The first-order valence-electron chi connectivity index (χ1n) is 8.29. The maximum absolute atomic E-state index is 12.6. The normalized spacial score (nSPS) is 21.3. The summed E-state index contributed by atoms with van der Waals surface area (Å²) >= 11 is 0. The summed E-state index contributed by atoms with van der Waals surface area (Å²) in [4.78, 5) is 12.6. The second-order valence-corrected chi connectivity index (χ2v) is 6.49. The van der Waals surface area contributed by atoms with Crippen molar-refractivity contribution >= 4 is 5.91 Å². The molecule has 0 saturated carbocycles. The van der Waals surface area contributed by atoms with Crippen LogP contribution in [0.15, 0.2) is 30.0 Å². The van der Waals surface area contributed by atoms with Crippen molar-refractivity contribution in [3.05, 3.63) is 35.7 Å². The van der Waals surface area contributed by atoms with Gasteiger partial charge in [-0.1, -0.05) is 11.6 Å². The minimum Gasteiger partial charge on any atom is -0.379 e. The summed E-state index contributed by atoms with van der Waals surface area (Å²) in [5.41, 5.74) is 1.90. The predicted molar refractivity (Wildman–Crippen MR) is 90.7 cm³/mol. The van der Waals surface area contributed by atoms with E-state index in [0.717, 1.165) is 6.42 Å². The smallest absolute Gasteiger partial charge is 0.268 e. The van der Waals surface area contributed by atoms with Gasteiger partial charge in [0.25, 0.3) is 5.91 Å². The number of ether oxygens (including phenoxy) is 2. The number of allylic oxidation sites excluding steroid dienone is 1. The molecule has 1 aliphatic heterocycles. The fraction of sp³-hybridized carbons (Fsp3) is 0.611. The van der Waals surface area contributed by atoms with E-state index in [2.05, 4.69) is 25.2 Å². The van der Waals surface area contributed by atoms with Crippen LogP contribution in [0.5, 0.6) is 0 Å². The lowest BCUT2D eigenvalue weighted by molar-refractivity contribution is -0.0458. The lowest BCUT2D eigenvalue weighted by Gasteiger charge is -2.32. The molecule has 1 aromatic rings. The van der Waals surface area contributed by atoms with Crippen LogP contribution in [0, 0.1) is 0 Å². The van der Waals surface area contributed by atoms with Crippen LogP contribution in [0.2, 0.25) is 0 Å². The monoisotopic (exact) mass is 320 g/mol. The molecule has 23 heavy (non-hydrogen) atoms. The van der Waals surface area contributed by atoms with E-state index in [1.807, 2.05) is 36.7 Å². The molecular weight excluding hydrogens is 292 g/mol. The zero-order valence-corrected chi connectivity index (χ0v) is 14.5. The number of carbonyl (C=O) groups is 1. The molecule has 1 saturated heterocycles. The number of hydrogen-bond acceptors (Lipinski definition) is 3. The zero-order chi connectivity index (χ0) is 16.8. The van der Waals surface area contributed by atoms with Gasteiger partial charge in [0, 0.05) is 18.8 Å². The third-order valence-corrected chi connectivity index (χ3v) is 3.98. The Morgan fingerprint density at radius 3 is 3.00 bits per heavy atom. The van der Waals surface area contributed by atoms with Crippen LogP contribution >= 0.6 is 0 Å². The van der Waals surface area contributed by atoms with E-state index in [1.54, 1.807) is 0 Å². The maximum atomic E-state index is 12.6. The van der Waals surface area contributed by atoms with E-state index in [1.165, 1.54) is 5.57 Å². The summed E-state index contributed by atoms with van der Waals surface area (Å²) in [5, 5.41) is 3.07. The highest BCUT2D eigenvalue weighted by Crippen LogP contribution is 2.15. The Labute approximate surface area is 138 Å². The molecule has 1 aliphatic rings. The lowest BCUT2D eigenvalue weighted by Crippen LogP contribution is -2.51. The molecule has 2 rings (SSSR count). The highest BCUT2D eigenvalue weighted by Gasteiger charge is 2.28. The minimum absolute atomic E-state index is 0.00855. The van der Waals surface area contributed by atoms with E-state index in [-0.39, 0.29) is 24.1 Å². The Morgan fingerprint density at radius 2 is 2.30 bits per heavy atom. The number of rotatable bonds is 6. The van der Waals surface area contributed by atoms with Gasteiger partial charge in [0.2, 0.25) is 0 Å². The number of amides is 1. The third-order valence-electron chi connectivity index (χ3n) is 3.98. The lowest BCUT2D eigenvalue weighted by atomic mass is 10.1. The van der Waals surface area contributed by atoms with Crippen molar-refractivity contribution in [3.8, 4) is 0 Å². The molecule has 0 unspecified atom stereocenters. The Balaban J connectivity index is 1.99.